The summed E-state index contributed by atoms with van der Waals surface area (Å²) in [6, 6.07) is 18.3. The van der Waals surface area contributed by atoms with Gasteiger partial charge in [-0.15, -0.1) is 0 Å². The van der Waals surface area contributed by atoms with Gasteiger partial charge < -0.3 is 29.5 Å². The molecule has 42 heavy (non-hydrogen) atoms. The summed E-state index contributed by atoms with van der Waals surface area (Å²) in [6.45, 7) is 3.58. The summed E-state index contributed by atoms with van der Waals surface area (Å²) in [6.07, 6.45) is -0.572. The molecule has 3 aromatic carbocycles. The van der Waals surface area contributed by atoms with Crippen LogP contribution in [-0.2, 0) is 10.0 Å². The smallest absolute Gasteiger partial charge is 0.321 e. The van der Waals surface area contributed by atoms with Gasteiger partial charge in [-0.05, 0) is 49.4 Å². The van der Waals surface area contributed by atoms with E-state index in [1.807, 2.05) is 37.3 Å². The van der Waals surface area contributed by atoms with E-state index in [0.29, 0.717) is 22.7 Å². The quantitative estimate of drug-likeness (QED) is 0.434. The molecule has 11 heteroatoms. The predicted octanol–water partition coefficient (Wildman–Crippen LogP) is 3.75. The van der Waals surface area contributed by atoms with Crippen LogP contribution in [0.1, 0.15) is 25.0 Å². The van der Waals surface area contributed by atoms with Crippen molar-refractivity contribution in [1.29, 1.82) is 0 Å². The molecule has 0 bridgehead atoms. The van der Waals surface area contributed by atoms with Crippen molar-refractivity contribution in [2.45, 2.75) is 30.9 Å². The number of benzene rings is 3. The minimum atomic E-state index is -4.00. The van der Waals surface area contributed by atoms with Crippen LogP contribution in [0.4, 0.5) is 10.5 Å². The van der Waals surface area contributed by atoms with Gasteiger partial charge in [-0.1, -0.05) is 37.0 Å². The van der Waals surface area contributed by atoms with Crippen molar-refractivity contribution < 1.29 is 32.5 Å². The van der Waals surface area contributed by atoms with Crippen LogP contribution in [0.2, 0.25) is 0 Å². The summed E-state index contributed by atoms with van der Waals surface area (Å²) in [7, 11) is -2.36. The average Bonchev–Trinajstić information content (AvgIpc) is 3.46. The molecule has 3 aromatic rings. The largest absolute Gasteiger partial charge is 0.487 e. The second-order valence-electron chi connectivity index (χ2n) is 10.4. The molecule has 2 aliphatic rings. The molecule has 2 N–H and O–H groups in total. The molecule has 0 saturated carbocycles. The number of sulfonamides is 1. The van der Waals surface area contributed by atoms with Crippen molar-refractivity contribution in [3.05, 3.63) is 77.9 Å². The Bertz CT molecular complexity index is 1620. The van der Waals surface area contributed by atoms with Gasteiger partial charge in [0.1, 0.15) is 16.7 Å². The Balaban J connectivity index is 1.42. The van der Waals surface area contributed by atoms with E-state index in [9.17, 15) is 18.3 Å². The normalized spacial score (nSPS) is 19.6. The molecule has 2 aliphatic heterocycles. The number of urea groups is 1. The highest BCUT2D eigenvalue weighted by atomic mass is 32.2. The first-order valence-electron chi connectivity index (χ1n) is 13.6. The third kappa shape index (κ3) is 6.31. The van der Waals surface area contributed by atoms with Crippen molar-refractivity contribution >= 4 is 21.7 Å². The molecule has 0 spiro atoms. The Morgan fingerprint density at radius 3 is 2.55 bits per heavy atom. The summed E-state index contributed by atoms with van der Waals surface area (Å²) in [5.41, 5.74) is 1.95. The van der Waals surface area contributed by atoms with Gasteiger partial charge in [0.2, 0.25) is 16.8 Å². The van der Waals surface area contributed by atoms with Gasteiger partial charge in [-0.2, -0.15) is 4.31 Å². The Morgan fingerprint density at radius 2 is 1.79 bits per heavy atom. The van der Waals surface area contributed by atoms with Crippen molar-refractivity contribution in [3.8, 4) is 29.1 Å². The molecule has 5 rings (SSSR count). The first-order valence-corrected chi connectivity index (χ1v) is 15.0. The van der Waals surface area contributed by atoms with E-state index in [-0.39, 0.29) is 49.1 Å². The highest BCUT2D eigenvalue weighted by Crippen LogP contribution is 2.35. The molecule has 10 nitrogen and oxygen atoms in total. The molecule has 0 aromatic heterocycles. The van der Waals surface area contributed by atoms with Gasteiger partial charge >= 0.3 is 6.03 Å². The highest BCUT2D eigenvalue weighted by Gasteiger charge is 2.38. The van der Waals surface area contributed by atoms with Crippen LogP contribution in [0, 0.1) is 17.8 Å². The van der Waals surface area contributed by atoms with Crippen LogP contribution in [0.5, 0.6) is 17.2 Å². The van der Waals surface area contributed by atoms with Gasteiger partial charge in [0.25, 0.3) is 0 Å². The molecule has 0 aliphatic carbocycles. The number of hydrogen-bond donors (Lipinski definition) is 2. The van der Waals surface area contributed by atoms with Crippen molar-refractivity contribution in [2.24, 2.45) is 5.92 Å². The van der Waals surface area contributed by atoms with Crippen LogP contribution >= 0.6 is 0 Å². The summed E-state index contributed by atoms with van der Waals surface area (Å²) in [5, 5.41) is 12.7. The number of carbonyl (C=O) groups is 1. The maximum Gasteiger partial charge on any atom is 0.321 e. The number of likely N-dealkylation sites (N-methyl/N-ethyl adjacent to an activating group) is 1. The minimum Gasteiger partial charge on any atom is -0.487 e. The van der Waals surface area contributed by atoms with E-state index in [4.69, 9.17) is 14.2 Å². The number of carbonyl (C=O) groups excluding carboxylic acids is 1. The molecular weight excluding hydrogens is 558 g/mol. The van der Waals surface area contributed by atoms with Gasteiger partial charge in [0, 0.05) is 48.4 Å². The summed E-state index contributed by atoms with van der Waals surface area (Å²) < 4.78 is 45.9. The number of fused-ring (bicyclic) bond motifs is 2. The fourth-order valence-corrected chi connectivity index (χ4v) is 6.56. The number of anilines is 1. The first kappa shape index (κ1) is 29.3. The number of nitrogens with one attached hydrogen (secondary N) is 1. The zero-order chi connectivity index (χ0) is 29.9. The van der Waals surface area contributed by atoms with Gasteiger partial charge in [0.15, 0.2) is 11.5 Å². The summed E-state index contributed by atoms with van der Waals surface area (Å²) in [5.74, 6) is 7.14. The molecule has 0 unspecified atom stereocenters. The van der Waals surface area contributed by atoms with Crippen LogP contribution in [0.15, 0.2) is 71.6 Å². The lowest BCUT2D eigenvalue weighted by atomic mass is 10.0. The lowest BCUT2D eigenvalue weighted by Crippen LogP contribution is -2.50. The second kappa shape index (κ2) is 12.3. The number of ether oxygens (including phenoxy) is 3. The number of nitrogens with zero attached hydrogens (tertiary/aromatic N) is 2. The zero-order valence-corrected chi connectivity index (χ0v) is 24.4. The van der Waals surface area contributed by atoms with E-state index < -0.39 is 22.2 Å². The highest BCUT2D eigenvalue weighted by molar-refractivity contribution is 7.89. The topological polar surface area (TPSA) is 118 Å². The molecule has 3 atom stereocenters. The lowest BCUT2D eigenvalue weighted by Gasteiger charge is -2.37. The van der Waals surface area contributed by atoms with Crippen LogP contribution in [0.3, 0.4) is 0 Å². The zero-order valence-electron chi connectivity index (χ0n) is 23.6. The maximum absolute atomic E-state index is 13.7. The Labute approximate surface area is 245 Å². The fraction of sp³-hybridized carbons (Fsp3) is 0.323. The fourth-order valence-electron chi connectivity index (χ4n) is 4.73. The van der Waals surface area contributed by atoms with Crippen LogP contribution < -0.4 is 19.5 Å². The Morgan fingerprint density at radius 1 is 1.05 bits per heavy atom. The molecule has 2 amide bonds. The second-order valence-corrected chi connectivity index (χ2v) is 12.3. The van der Waals surface area contributed by atoms with E-state index in [1.54, 1.807) is 44.3 Å². The minimum absolute atomic E-state index is 0.0163. The molecule has 220 valence electrons. The average molecular weight is 592 g/mol. The number of rotatable bonds is 5. The molecular formula is C31H33N3O7S. The SMILES string of the molecule is C[C@H]1CN([C@@H](C)CO)S(=O)(=O)c2ccc(C#Cc3ccccc3)cc2O[C@H]1CN(C)C(=O)Nc1ccc2c(c1)OCO2. The Hall–Kier alpha value is -4.24. The van der Waals surface area contributed by atoms with Gasteiger partial charge in [-0.3, -0.25) is 0 Å². The van der Waals surface area contributed by atoms with Crippen LogP contribution in [0.25, 0.3) is 0 Å². The number of aliphatic hydroxyl groups is 1. The Kier molecular flexibility index (Phi) is 8.59. The first-order chi connectivity index (χ1) is 20.2. The number of amides is 2. The molecule has 2 heterocycles. The number of aliphatic hydroxyl groups excluding tert-OH is 1. The summed E-state index contributed by atoms with van der Waals surface area (Å²) in [4.78, 5) is 14.6. The number of hydrogen-bond acceptors (Lipinski definition) is 7. The molecule has 0 fully saturated rings. The van der Waals surface area contributed by atoms with Crippen LogP contribution in [-0.4, -0.2) is 74.4 Å². The van der Waals surface area contributed by atoms with Crippen molar-refractivity contribution in [2.75, 3.05) is 38.9 Å². The monoisotopic (exact) mass is 591 g/mol. The lowest BCUT2D eigenvalue weighted by molar-refractivity contribution is 0.0830. The third-order valence-corrected chi connectivity index (χ3v) is 9.24. The third-order valence-electron chi connectivity index (χ3n) is 7.22. The standard InChI is InChI=1S/C31H33N3O7S/c1-21-17-34(22(2)19-35)42(37,38)30-14-11-24(10-9-23-7-5-4-6-8-23)15-28(30)41-29(21)18-33(3)31(36)32-25-12-13-26-27(16-25)40-20-39-26/h4-8,11-16,21-22,29,35H,17-20H2,1-3H3,(H,32,36)/t21-,22-,29-/m0/s1. The predicted molar refractivity (Wildman–Crippen MR) is 157 cm³/mol. The molecule has 0 radical (unpaired) electrons. The van der Waals surface area contributed by atoms with E-state index in [0.717, 1.165) is 5.56 Å². The van der Waals surface area contributed by atoms with Crippen molar-refractivity contribution in [1.82, 2.24) is 9.21 Å². The van der Waals surface area contributed by atoms with E-state index >= 15 is 0 Å². The van der Waals surface area contributed by atoms with Gasteiger partial charge in [-0.25, -0.2) is 13.2 Å². The molecule has 0 saturated heterocycles. The van der Waals surface area contributed by atoms with Crippen molar-refractivity contribution in [3.63, 3.8) is 0 Å². The van der Waals surface area contributed by atoms with E-state index in [1.165, 1.54) is 15.3 Å². The van der Waals surface area contributed by atoms with E-state index in [2.05, 4.69) is 17.2 Å². The summed E-state index contributed by atoms with van der Waals surface area (Å²) >= 11 is 0. The maximum atomic E-state index is 13.7. The van der Waals surface area contributed by atoms with Gasteiger partial charge in [0.05, 0.1) is 13.2 Å².